The van der Waals surface area contributed by atoms with Crippen LogP contribution in [0, 0.1) is 0 Å². The molecule has 1 aromatic heterocycles. The van der Waals surface area contributed by atoms with Crippen LogP contribution in [0.4, 0.5) is 5.69 Å². The topological polar surface area (TPSA) is 58.8 Å². The molecule has 138 valence electrons. The van der Waals surface area contributed by atoms with Crippen LogP contribution in [0.25, 0.3) is 0 Å². The highest BCUT2D eigenvalue weighted by molar-refractivity contribution is 5.91. The number of ether oxygens (including phenoxy) is 1. The van der Waals surface area contributed by atoms with Gasteiger partial charge in [0.05, 0.1) is 6.07 Å². The average Bonchev–Trinajstić information content (AvgIpc) is 3.22. The lowest BCUT2D eigenvalue weighted by Gasteiger charge is -2.35. The Morgan fingerprint density at radius 3 is 2.33 bits per heavy atom. The third-order valence-electron chi connectivity index (χ3n) is 4.62. The molecule has 6 nitrogen and oxygen atoms in total. The lowest BCUT2D eigenvalue weighted by atomic mass is 10.2. The Hall–Kier alpha value is -3.28. The van der Waals surface area contributed by atoms with Gasteiger partial charge in [-0.1, -0.05) is 48.5 Å². The van der Waals surface area contributed by atoms with E-state index >= 15 is 0 Å². The SMILES string of the molecule is O=C(c1cc(OCc2ccccc2)no1)N1CCN(c2ccccc2)CC1. The Kier molecular flexibility index (Phi) is 5.05. The number of carbonyl (C=O) groups excluding carboxylic acids is 1. The van der Waals surface area contributed by atoms with Gasteiger partial charge < -0.3 is 19.1 Å². The summed E-state index contributed by atoms with van der Waals surface area (Å²) in [5.41, 5.74) is 2.21. The molecule has 6 heteroatoms. The van der Waals surface area contributed by atoms with Gasteiger partial charge in [0.1, 0.15) is 6.61 Å². The maximum absolute atomic E-state index is 12.6. The lowest BCUT2D eigenvalue weighted by molar-refractivity contribution is 0.0704. The van der Waals surface area contributed by atoms with Crippen LogP contribution in [0.1, 0.15) is 16.1 Å². The van der Waals surface area contributed by atoms with Crippen molar-refractivity contribution >= 4 is 11.6 Å². The summed E-state index contributed by atoms with van der Waals surface area (Å²) in [6.07, 6.45) is 0. The fourth-order valence-corrected chi connectivity index (χ4v) is 3.12. The van der Waals surface area contributed by atoms with E-state index in [9.17, 15) is 4.79 Å². The van der Waals surface area contributed by atoms with Gasteiger partial charge in [-0.05, 0) is 22.9 Å². The molecule has 1 fully saturated rings. The van der Waals surface area contributed by atoms with Gasteiger partial charge in [-0.25, -0.2) is 0 Å². The predicted molar refractivity (Wildman–Crippen MR) is 102 cm³/mol. The highest BCUT2D eigenvalue weighted by Gasteiger charge is 2.25. The average molecular weight is 363 g/mol. The molecule has 2 aromatic carbocycles. The van der Waals surface area contributed by atoms with Crippen LogP contribution >= 0.6 is 0 Å². The minimum Gasteiger partial charge on any atom is -0.471 e. The Bertz CT molecular complexity index is 872. The van der Waals surface area contributed by atoms with E-state index in [2.05, 4.69) is 22.2 Å². The summed E-state index contributed by atoms with van der Waals surface area (Å²) in [5, 5.41) is 3.85. The van der Waals surface area contributed by atoms with Gasteiger partial charge in [0.2, 0.25) is 5.76 Å². The van der Waals surface area contributed by atoms with Crippen LogP contribution in [0.3, 0.4) is 0 Å². The van der Waals surface area contributed by atoms with E-state index < -0.39 is 0 Å². The Morgan fingerprint density at radius 2 is 1.63 bits per heavy atom. The molecule has 1 saturated heterocycles. The number of anilines is 1. The van der Waals surface area contributed by atoms with E-state index in [0.29, 0.717) is 25.6 Å². The summed E-state index contributed by atoms with van der Waals surface area (Å²) < 4.78 is 10.8. The molecular weight excluding hydrogens is 342 g/mol. The van der Waals surface area contributed by atoms with Gasteiger partial charge in [0, 0.05) is 31.9 Å². The highest BCUT2D eigenvalue weighted by atomic mass is 16.5. The van der Waals surface area contributed by atoms with Crippen molar-refractivity contribution < 1.29 is 14.1 Å². The van der Waals surface area contributed by atoms with Gasteiger partial charge in [-0.2, -0.15) is 0 Å². The molecule has 0 aliphatic carbocycles. The number of piperazine rings is 1. The van der Waals surface area contributed by atoms with Crippen molar-refractivity contribution in [1.82, 2.24) is 10.1 Å². The van der Waals surface area contributed by atoms with Crippen LogP contribution in [-0.4, -0.2) is 42.1 Å². The highest BCUT2D eigenvalue weighted by Crippen LogP contribution is 2.19. The number of carbonyl (C=O) groups is 1. The first kappa shape index (κ1) is 17.1. The molecular formula is C21H21N3O3. The molecule has 0 saturated carbocycles. The number of benzene rings is 2. The number of amides is 1. The maximum atomic E-state index is 12.6. The van der Waals surface area contributed by atoms with Crippen molar-refractivity contribution in [3.05, 3.63) is 78.1 Å². The van der Waals surface area contributed by atoms with Crippen molar-refractivity contribution in [3.63, 3.8) is 0 Å². The largest absolute Gasteiger partial charge is 0.471 e. The summed E-state index contributed by atoms with van der Waals surface area (Å²) >= 11 is 0. The molecule has 0 atom stereocenters. The van der Waals surface area contributed by atoms with Gasteiger partial charge in [0.25, 0.3) is 11.8 Å². The fraction of sp³-hybridized carbons (Fsp3) is 0.238. The zero-order valence-corrected chi connectivity index (χ0v) is 15.0. The molecule has 1 aliphatic heterocycles. The number of aromatic nitrogens is 1. The molecule has 3 aromatic rings. The first-order valence-corrected chi connectivity index (χ1v) is 9.02. The summed E-state index contributed by atoms with van der Waals surface area (Å²) in [6, 6.07) is 21.6. The van der Waals surface area contributed by atoms with Crippen LogP contribution in [0.2, 0.25) is 0 Å². The van der Waals surface area contributed by atoms with E-state index in [4.69, 9.17) is 9.26 Å². The molecule has 4 rings (SSSR count). The summed E-state index contributed by atoms with van der Waals surface area (Å²) in [5.74, 6) is 0.390. The summed E-state index contributed by atoms with van der Waals surface area (Å²) in [7, 11) is 0. The Balaban J connectivity index is 1.32. The molecule has 0 unspecified atom stereocenters. The number of hydrogen-bond donors (Lipinski definition) is 0. The monoisotopic (exact) mass is 363 g/mol. The molecule has 0 spiro atoms. The van der Waals surface area contributed by atoms with E-state index in [-0.39, 0.29) is 11.7 Å². The second kappa shape index (κ2) is 7.95. The van der Waals surface area contributed by atoms with E-state index in [1.165, 1.54) is 5.69 Å². The molecule has 0 N–H and O–H groups in total. The van der Waals surface area contributed by atoms with Crippen LogP contribution in [0.15, 0.2) is 71.3 Å². The molecule has 2 heterocycles. The molecule has 27 heavy (non-hydrogen) atoms. The predicted octanol–water partition coefficient (Wildman–Crippen LogP) is 3.22. The Morgan fingerprint density at radius 1 is 0.963 bits per heavy atom. The van der Waals surface area contributed by atoms with E-state index in [0.717, 1.165) is 18.7 Å². The number of nitrogens with zero attached hydrogens (tertiary/aromatic N) is 3. The summed E-state index contributed by atoms with van der Waals surface area (Å²) in [6.45, 7) is 3.27. The van der Waals surface area contributed by atoms with E-state index in [1.54, 1.807) is 11.0 Å². The normalized spacial score (nSPS) is 14.2. The van der Waals surface area contributed by atoms with Gasteiger partial charge in [0.15, 0.2) is 0 Å². The van der Waals surface area contributed by atoms with Crippen molar-refractivity contribution in [3.8, 4) is 5.88 Å². The first-order chi connectivity index (χ1) is 13.3. The number of para-hydroxylation sites is 1. The smallest absolute Gasteiger partial charge is 0.292 e. The van der Waals surface area contributed by atoms with Gasteiger partial charge >= 0.3 is 0 Å². The molecule has 1 aliphatic rings. The second-order valence-electron chi connectivity index (χ2n) is 6.42. The van der Waals surface area contributed by atoms with Crippen molar-refractivity contribution in [1.29, 1.82) is 0 Å². The zero-order valence-electron chi connectivity index (χ0n) is 15.0. The van der Waals surface area contributed by atoms with Gasteiger partial charge in [-0.3, -0.25) is 4.79 Å². The van der Waals surface area contributed by atoms with Crippen molar-refractivity contribution in [2.75, 3.05) is 31.1 Å². The third kappa shape index (κ3) is 4.11. The minimum absolute atomic E-state index is 0.148. The maximum Gasteiger partial charge on any atom is 0.292 e. The summed E-state index contributed by atoms with van der Waals surface area (Å²) in [4.78, 5) is 16.7. The molecule has 1 amide bonds. The van der Waals surface area contributed by atoms with Crippen LogP contribution in [-0.2, 0) is 6.61 Å². The fourth-order valence-electron chi connectivity index (χ4n) is 3.12. The molecule has 0 bridgehead atoms. The second-order valence-corrected chi connectivity index (χ2v) is 6.42. The quantitative estimate of drug-likeness (QED) is 0.697. The number of hydrogen-bond acceptors (Lipinski definition) is 5. The standard InChI is InChI=1S/C21H21N3O3/c25-21(24-13-11-23(12-14-24)18-9-5-2-6-10-18)19-15-20(22-27-19)26-16-17-7-3-1-4-8-17/h1-10,15H,11-14,16H2. The van der Waals surface area contributed by atoms with Crippen LogP contribution in [0.5, 0.6) is 5.88 Å². The minimum atomic E-state index is -0.148. The van der Waals surface area contributed by atoms with Crippen LogP contribution < -0.4 is 9.64 Å². The molecule has 0 radical (unpaired) electrons. The zero-order chi connectivity index (χ0) is 18.5. The van der Waals surface area contributed by atoms with E-state index in [1.807, 2.05) is 48.5 Å². The first-order valence-electron chi connectivity index (χ1n) is 9.02. The van der Waals surface area contributed by atoms with Crippen molar-refractivity contribution in [2.24, 2.45) is 0 Å². The number of rotatable bonds is 5. The third-order valence-corrected chi connectivity index (χ3v) is 4.62. The Labute approximate surface area is 157 Å². The van der Waals surface area contributed by atoms with Gasteiger partial charge in [-0.15, -0.1) is 0 Å². The lowest BCUT2D eigenvalue weighted by Crippen LogP contribution is -2.48. The van der Waals surface area contributed by atoms with Crippen molar-refractivity contribution in [2.45, 2.75) is 6.61 Å².